The average molecular weight is 274 g/mol. The van der Waals surface area contributed by atoms with E-state index in [2.05, 4.69) is 0 Å². The lowest BCUT2D eigenvalue weighted by Crippen LogP contribution is -1.99. The lowest BCUT2D eigenvalue weighted by molar-refractivity contribution is 0.173. The Morgan fingerprint density at radius 3 is 2.65 bits per heavy atom. The quantitative estimate of drug-likeness (QED) is 0.894. The summed E-state index contributed by atoms with van der Waals surface area (Å²) in [6.45, 7) is 0.323. The zero-order valence-electron chi connectivity index (χ0n) is 10.7. The second-order valence-electron chi connectivity index (χ2n) is 4.43. The molecular formula is C15H14O5. The van der Waals surface area contributed by atoms with Crippen LogP contribution in [0.3, 0.4) is 0 Å². The molecule has 0 aromatic heterocycles. The van der Waals surface area contributed by atoms with Crippen LogP contribution < -0.4 is 14.2 Å². The topological polar surface area (TPSA) is 68.2 Å². The van der Waals surface area contributed by atoms with Crippen LogP contribution in [-0.2, 0) is 13.2 Å². The molecule has 0 saturated heterocycles. The maximum atomic E-state index is 9.41. The van der Waals surface area contributed by atoms with Gasteiger partial charge in [-0.1, -0.05) is 12.1 Å². The summed E-state index contributed by atoms with van der Waals surface area (Å²) in [4.78, 5) is 0. The van der Waals surface area contributed by atoms with Crippen molar-refractivity contribution in [3.63, 3.8) is 0 Å². The van der Waals surface area contributed by atoms with E-state index >= 15 is 0 Å². The van der Waals surface area contributed by atoms with E-state index in [1.807, 2.05) is 6.07 Å². The van der Waals surface area contributed by atoms with Gasteiger partial charge in [-0.15, -0.1) is 0 Å². The van der Waals surface area contributed by atoms with Crippen LogP contribution in [0.4, 0.5) is 0 Å². The fourth-order valence-corrected chi connectivity index (χ4v) is 2.03. The zero-order chi connectivity index (χ0) is 13.9. The van der Waals surface area contributed by atoms with E-state index in [-0.39, 0.29) is 19.1 Å². The molecule has 0 bridgehead atoms. The predicted octanol–water partition coefficient (Wildman–Crippen LogP) is 2.19. The summed E-state index contributed by atoms with van der Waals surface area (Å²) in [7, 11) is 0. The summed E-state index contributed by atoms with van der Waals surface area (Å²) in [6.07, 6.45) is 0. The average Bonchev–Trinajstić information content (AvgIpc) is 2.91. The molecular weight excluding hydrogens is 260 g/mol. The molecule has 0 saturated carbocycles. The number of hydrogen-bond acceptors (Lipinski definition) is 5. The van der Waals surface area contributed by atoms with Gasteiger partial charge in [0.05, 0.1) is 6.61 Å². The third kappa shape index (κ3) is 2.48. The number of fused-ring (bicyclic) bond motifs is 1. The first-order valence-corrected chi connectivity index (χ1v) is 6.20. The highest BCUT2D eigenvalue weighted by Crippen LogP contribution is 2.38. The third-order valence-electron chi connectivity index (χ3n) is 3.03. The van der Waals surface area contributed by atoms with Gasteiger partial charge in [0.2, 0.25) is 6.79 Å². The molecule has 1 aliphatic heterocycles. The number of phenolic OH excluding ortho intramolecular Hbond substituents is 1. The second kappa shape index (κ2) is 5.30. The Morgan fingerprint density at radius 2 is 1.90 bits per heavy atom. The summed E-state index contributed by atoms with van der Waals surface area (Å²) in [5.41, 5.74) is 1.47. The number of aliphatic hydroxyl groups is 1. The van der Waals surface area contributed by atoms with Gasteiger partial charge in [-0.05, 0) is 23.8 Å². The molecule has 3 rings (SSSR count). The molecule has 0 amide bonds. The van der Waals surface area contributed by atoms with Gasteiger partial charge in [0.15, 0.2) is 11.5 Å². The maximum absolute atomic E-state index is 9.41. The van der Waals surface area contributed by atoms with Gasteiger partial charge >= 0.3 is 0 Å². The van der Waals surface area contributed by atoms with Crippen molar-refractivity contribution in [3.8, 4) is 23.0 Å². The molecule has 1 heterocycles. The van der Waals surface area contributed by atoms with Crippen molar-refractivity contribution in [2.75, 3.05) is 6.79 Å². The summed E-state index contributed by atoms with van der Waals surface area (Å²) in [6, 6.07) is 10.2. The van der Waals surface area contributed by atoms with Crippen LogP contribution in [0.15, 0.2) is 36.4 Å². The Bertz CT molecular complexity index is 624. The molecule has 0 aliphatic carbocycles. The number of ether oxygens (including phenoxy) is 3. The van der Waals surface area contributed by atoms with Crippen molar-refractivity contribution in [2.24, 2.45) is 0 Å². The van der Waals surface area contributed by atoms with Gasteiger partial charge in [0, 0.05) is 11.6 Å². The fourth-order valence-electron chi connectivity index (χ4n) is 2.03. The van der Waals surface area contributed by atoms with E-state index in [4.69, 9.17) is 14.2 Å². The Morgan fingerprint density at radius 1 is 1.10 bits per heavy atom. The first-order chi connectivity index (χ1) is 9.76. The number of benzene rings is 2. The largest absolute Gasteiger partial charge is 0.508 e. The van der Waals surface area contributed by atoms with Gasteiger partial charge in [-0.3, -0.25) is 0 Å². The van der Waals surface area contributed by atoms with Gasteiger partial charge in [-0.2, -0.15) is 0 Å². The maximum Gasteiger partial charge on any atom is 0.231 e. The molecule has 5 nitrogen and oxygen atoms in total. The monoisotopic (exact) mass is 274 g/mol. The van der Waals surface area contributed by atoms with Gasteiger partial charge in [0.1, 0.15) is 18.1 Å². The zero-order valence-corrected chi connectivity index (χ0v) is 10.7. The molecule has 0 unspecified atom stereocenters. The lowest BCUT2D eigenvalue weighted by atomic mass is 10.2. The first kappa shape index (κ1) is 12.6. The van der Waals surface area contributed by atoms with E-state index in [9.17, 15) is 10.2 Å². The number of aromatic hydroxyl groups is 1. The van der Waals surface area contributed by atoms with Crippen molar-refractivity contribution in [3.05, 3.63) is 47.5 Å². The van der Waals surface area contributed by atoms with Crippen LogP contribution in [0.25, 0.3) is 0 Å². The smallest absolute Gasteiger partial charge is 0.231 e. The molecule has 0 spiro atoms. The molecule has 0 fully saturated rings. The number of aliphatic hydroxyl groups excluding tert-OH is 1. The molecule has 2 aromatic carbocycles. The Balaban J connectivity index is 1.80. The fraction of sp³-hybridized carbons (Fsp3) is 0.200. The minimum absolute atomic E-state index is 0.147. The van der Waals surface area contributed by atoms with Crippen LogP contribution in [0.1, 0.15) is 11.1 Å². The summed E-state index contributed by atoms with van der Waals surface area (Å²) < 4.78 is 16.2. The van der Waals surface area contributed by atoms with Crippen molar-refractivity contribution in [1.82, 2.24) is 0 Å². The van der Waals surface area contributed by atoms with Crippen LogP contribution in [0.2, 0.25) is 0 Å². The standard InChI is InChI=1S/C15H14O5/c16-7-11-5-14-15(20-9-19-14)6-13(11)18-8-10-2-1-3-12(17)4-10/h1-6,16-17H,7-9H2. The van der Waals surface area contributed by atoms with Crippen molar-refractivity contribution < 1.29 is 24.4 Å². The Labute approximate surface area is 116 Å². The first-order valence-electron chi connectivity index (χ1n) is 6.20. The molecule has 20 heavy (non-hydrogen) atoms. The Kier molecular flexibility index (Phi) is 3.35. The minimum atomic E-state index is -0.147. The van der Waals surface area contributed by atoms with Crippen molar-refractivity contribution in [2.45, 2.75) is 13.2 Å². The minimum Gasteiger partial charge on any atom is -0.508 e. The van der Waals surface area contributed by atoms with Gasteiger partial charge in [-0.25, -0.2) is 0 Å². The molecule has 2 aromatic rings. The van der Waals surface area contributed by atoms with E-state index in [1.165, 1.54) is 0 Å². The predicted molar refractivity (Wildman–Crippen MR) is 70.9 cm³/mol. The molecule has 104 valence electrons. The van der Waals surface area contributed by atoms with Crippen molar-refractivity contribution >= 4 is 0 Å². The third-order valence-corrected chi connectivity index (χ3v) is 3.03. The van der Waals surface area contributed by atoms with Crippen LogP contribution >= 0.6 is 0 Å². The highest BCUT2D eigenvalue weighted by atomic mass is 16.7. The summed E-state index contributed by atoms with van der Waals surface area (Å²) in [5.74, 6) is 1.95. The normalized spacial score (nSPS) is 12.4. The molecule has 0 atom stereocenters. The number of rotatable bonds is 4. The number of phenols is 1. The molecule has 0 radical (unpaired) electrons. The summed E-state index contributed by atoms with van der Waals surface area (Å²) >= 11 is 0. The highest BCUT2D eigenvalue weighted by molar-refractivity contribution is 5.51. The van der Waals surface area contributed by atoms with Gasteiger partial charge < -0.3 is 24.4 Å². The molecule has 2 N–H and O–H groups in total. The van der Waals surface area contributed by atoms with Gasteiger partial charge in [0.25, 0.3) is 0 Å². The van der Waals surface area contributed by atoms with E-state index in [0.29, 0.717) is 29.4 Å². The lowest BCUT2D eigenvalue weighted by Gasteiger charge is -2.11. The van der Waals surface area contributed by atoms with Crippen LogP contribution in [-0.4, -0.2) is 17.0 Å². The van der Waals surface area contributed by atoms with E-state index in [1.54, 1.807) is 30.3 Å². The van der Waals surface area contributed by atoms with E-state index < -0.39 is 0 Å². The van der Waals surface area contributed by atoms with Crippen molar-refractivity contribution in [1.29, 1.82) is 0 Å². The molecule has 1 aliphatic rings. The highest BCUT2D eigenvalue weighted by Gasteiger charge is 2.17. The Hall–Kier alpha value is -2.40. The SMILES string of the molecule is OCc1cc2c(cc1OCc1cccc(O)c1)OCO2. The van der Waals surface area contributed by atoms with Crippen LogP contribution in [0, 0.1) is 0 Å². The van der Waals surface area contributed by atoms with Crippen LogP contribution in [0.5, 0.6) is 23.0 Å². The van der Waals surface area contributed by atoms with E-state index in [0.717, 1.165) is 5.56 Å². The number of hydrogen-bond donors (Lipinski definition) is 2. The molecule has 5 heteroatoms. The summed E-state index contributed by atoms with van der Waals surface area (Å²) in [5, 5.41) is 18.8. The second-order valence-corrected chi connectivity index (χ2v) is 4.43.